The number of piperazine rings is 1. The van der Waals surface area contributed by atoms with Gasteiger partial charge in [0.2, 0.25) is 5.65 Å². The van der Waals surface area contributed by atoms with Crippen LogP contribution in [-0.4, -0.2) is 56.1 Å². The summed E-state index contributed by atoms with van der Waals surface area (Å²) in [4.78, 5) is 15.8. The second-order valence-electron chi connectivity index (χ2n) is 6.39. The summed E-state index contributed by atoms with van der Waals surface area (Å²) in [5.74, 6) is 0.880. The van der Waals surface area contributed by atoms with Crippen LogP contribution in [0.1, 0.15) is 5.56 Å². The van der Waals surface area contributed by atoms with Crippen molar-refractivity contribution in [2.75, 3.05) is 31.1 Å². The Kier molecular flexibility index (Phi) is 3.67. The molecular formula is C18H18N8. The molecule has 1 fully saturated rings. The number of hydrogen-bond donors (Lipinski definition) is 1. The molecule has 0 amide bonds. The van der Waals surface area contributed by atoms with Gasteiger partial charge in [0.15, 0.2) is 5.65 Å². The van der Waals surface area contributed by atoms with Crippen LogP contribution in [0.5, 0.6) is 0 Å². The molecule has 5 rings (SSSR count). The average Bonchev–Trinajstić information content (AvgIpc) is 3.10. The van der Waals surface area contributed by atoms with Crippen LogP contribution in [0, 0.1) is 0 Å². The zero-order chi connectivity index (χ0) is 17.3. The normalized spacial score (nSPS) is 15.0. The molecule has 3 aromatic heterocycles. The Morgan fingerprint density at radius 1 is 1.08 bits per heavy atom. The quantitative estimate of drug-likeness (QED) is 0.597. The van der Waals surface area contributed by atoms with Crippen LogP contribution in [0.15, 0.2) is 42.7 Å². The Hall–Kier alpha value is -3.13. The smallest absolute Gasteiger partial charge is 0.221 e. The molecule has 0 radical (unpaired) electrons. The van der Waals surface area contributed by atoms with Crippen LogP contribution in [0.25, 0.3) is 22.2 Å². The minimum absolute atomic E-state index is 0.575. The summed E-state index contributed by atoms with van der Waals surface area (Å²) >= 11 is 0. The Morgan fingerprint density at radius 3 is 2.92 bits per heavy atom. The van der Waals surface area contributed by atoms with Gasteiger partial charge < -0.3 is 10.2 Å². The van der Waals surface area contributed by atoms with Crippen molar-refractivity contribution in [3.05, 3.63) is 48.3 Å². The highest BCUT2D eigenvalue weighted by atomic mass is 15.5. The van der Waals surface area contributed by atoms with Crippen LogP contribution >= 0.6 is 0 Å². The maximum Gasteiger partial charge on any atom is 0.221 e. The molecule has 4 heterocycles. The summed E-state index contributed by atoms with van der Waals surface area (Å²) in [6.07, 6.45) is 3.59. The molecule has 1 aliphatic rings. The van der Waals surface area contributed by atoms with E-state index >= 15 is 0 Å². The third-order valence-corrected chi connectivity index (χ3v) is 4.66. The number of benzene rings is 1. The van der Waals surface area contributed by atoms with Crippen LogP contribution in [0.2, 0.25) is 0 Å². The Morgan fingerprint density at radius 2 is 2.00 bits per heavy atom. The van der Waals surface area contributed by atoms with Crippen molar-refractivity contribution in [3.63, 3.8) is 0 Å². The number of nitrogens with one attached hydrogen (secondary N) is 1. The lowest BCUT2D eigenvalue weighted by Crippen LogP contribution is -2.43. The third-order valence-electron chi connectivity index (χ3n) is 4.66. The van der Waals surface area contributed by atoms with Crippen molar-refractivity contribution < 1.29 is 0 Å². The third kappa shape index (κ3) is 2.74. The van der Waals surface area contributed by atoms with Gasteiger partial charge >= 0.3 is 0 Å². The second kappa shape index (κ2) is 6.30. The Bertz CT molecular complexity index is 1070. The number of anilines is 1. The topological polar surface area (TPSA) is 84.7 Å². The minimum Gasteiger partial charge on any atom is -0.353 e. The molecule has 1 N–H and O–H groups in total. The first kappa shape index (κ1) is 15.2. The van der Waals surface area contributed by atoms with E-state index < -0.39 is 0 Å². The molecule has 1 saturated heterocycles. The van der Waals surface area contributed by atoms with Crippen molar-refractivity contribution in [2.24, 2.45) is 0 Å². The molecule has 130 valence electrons. The van der Waals surface area contributed by atoms with E-state index in [0.29, 0.717) is 17.8 Å². The second-order valence-corrected chi connectivity index (χ2v) is 6.39. The molecule has 4 aromatic rings. The summed E-state index contributed by atoms with van der Waals surface area (Å²) in [7, 11) is 0. The molecule has 0 atom stereocenters. The average molecular weight is 346 g/mol. The van der Waals surface area contributed by atoms with Crippen molar-refractivity contribution in [3.8, 4) is 0 Å². The fourth-order valence-corrected chi connectivity index (χ4v) is 3.30. The van der Waals surface area contributed by atoms with E-state index in [1.807, 2.05) is 16.8 Å². The number of nitrogens with zero attached hydrogens (tertiary/aromatic N) is 7. The first-order chi connectivity index (χ1) is 12.9. The van der Waals surface area contributed by atoms with Crippen molar-refractivity contribution in [2.45, 2.75) is 6.54 Å². The van der Waals surface area contributed by atoms with Crippen molar-refractivity contribution in [1.29, 1.82) is 0 Å². The van der Waals surface area contributed by atoms with E-state index in [2.05, 4.69) is 48.7 Å². The predicted octanol–water partition coefficient (Wildman–Crippen LogP) is 1.23. The van der Waals surface area contributed by atoms with Gasteiger partial charge in [-0.25, -0.2) is 14.6 Å². The first-order valence-electron chi connectivity index (χ1n) is 8.72. The summed E-state index contributed by atoms with van der Waals surface area (Å²) in [6, 6.07) is 10.2. The van der Waals surface area contributed by atoms with Crippen LogP contribution in [0.4, 0.5) is 5.82 Å². The number of pyridine rings is 1. The van der Waals surface area contributed by atoms with Gasteiger partial charge in [0.25, 0.3) is 0 Å². The van der Waals surface area contributed by atoms with Gasteiger partial charge in [-0.3, -0.25) is 4.98 Å². The Balaban J connectivity index is 1.49. The van der Waals surface area contributed by atoms with E-state index in [9.17, 15) is 0 Å². The SMILES string of the molecule is c1cnc2ccc(Cn3nnc4ncc(N5CCNCC5)nc43)cc2c1. The van der Waals surface area contributed by atoms with E-state index in [1.165, 1.54) is 0 Å². The summed E-state index contributed by atoms with van der Waals surface area (Å²) in [5, 5.41) is 12.9. The molecule has 0 bridgehead atoms. The standard InChI is InChI=1S/C18H18N8/c1-2-14-10-13(3-4-15(14)20-5-1)12-26-18-17(23-24-26)21-11-16(22-18)25-8-6-19-7-9-25/h1-5,10-11,19H,6-9,12H2. The zero-order valence-electron chi connectivity index (χ0n) is 14.2. The first-order valence-corrected chi connectivity index (χ1v) is 8.72. The van der Waals surface area contributed by atoms with E-state index in [1.54, 1.807) is 12.4 Å². The highest BCUT2D eigenvalue weighted by Gasteiger charge is 2.15. The molecule has 0 spiro atoms. The van der Waals surface area contributed by atoms with Gasteiger partial charge in [-0.05, 0) is 23.8 Å². The summed E-state index contributed by atoms with van der Waals surface area (Å²) in [6.45, 7) is 4.38. The van der Waals surface area contributed by atoms with Crippen LogP contribution in [0.3, 0.4) is 0 Å². The Labute approximate surface area is 149 Å². The monoisotopic (exact) mass is 346 g/mol. The fraction of sp³-hybridized carbons (Fsp3) is 0.278. The molecule has 0 saturated carbocycles. The summed E-state index contributed by atoms with van der Waals surface area (Å²) < 4.78 is 1.81. The molecule has 1 aromatic carbocycles. The van der Waals surface area contributed by atoms with Gasteiger partial charge in [-0.1, -0.05) is 17.3 Å². The number of hydrogen-bond acceptors (Lipinski definition) is 7. The molecule has 0 unspecified atom stereocenters. The number of rotatable bonds is 3. The minimum atomic E-state index is 0.575. The predicted molar refractivity (Wildman–Crippen MR) is 99.0 cm³/mol. The molecule has 8 nitrogen and oxygen atoms in total. The van der Waals surface area contributed by atoms with Gasteiger partial charge in [-0.2, -0.15) is 0 Å². The molecule has 1 aliphatic heterocycles. The number of fused-ring (bicyclic) bond motifs is 2. The zero-order valence-corrected chi connectivity index (χ0v) is 14.2. The maximum atomic E-state index is 4.78. The van der Waals surface area contributed by atoms with Crippen LogP contribution < -0.4 is 10.2 Å². The highest BCUT2D eigenvalue weighted by molar-refractivity contribution is 5.79. The van der Waals surface area contributed by atoms with Gasteiger partial charge in [0.05, 0.1) is 18.3 Å². The number of aromatic nitrogens is 6. The van der Waals surface area contributed by atoms with E-state index in [0.717, 1.165) is 48.5 Å². The van der Waals surface area contributed by atoms with E-state index in [4.69, 9.17) is 4.98 Å². The lowest BCUT2D eigenvalue weighted by atomic mass is 10.1. The lowest BCUT2D eigenvalue weighted by molar-refractivity contribution is 0.584. The van der Waals surface area contributed by atoms with E-state index in [-0.39, 0.29) is 0 Å². The molecular weight excluding hydrogens is 328 g/mol. The largest absolute Gasteiger partial charge is 0.353 e. The molecule has 26 heavy (non-hydrogen) atoms. The fourth-order valence-electron chi connectivity index (χ4n) is 3.30. The molecule has 8 heteroatoms. The van der Waals surface area contributed by atoms with Crippen molar-refractivity contribution in [1.82, 2.24) is 35.3 Å². The van der Waals surface area contributed by atoms with Gasteiger partial charge in [-0.15, -0.1) is 5.10 Å². The maximum absolute atomic E-state index is 4.78. The summed E-state index contributed by atoms with van der Waals surface area (Å²) in [5.41, 5.74) is 3.41. The van der Waals surface area contributed by atoms with Gasteiger partial charge in [0, 0.05) is 37.8 Å². The highest BCUT2D eigenvalue weighted by Crippen LogP contribution is 2.17. The van der Waals surface area contributed by atoms with Crippen LogP contribution in [-0.2, 0) is 6.54 Å². The van der Waals surface area contributed by atoms with Gasteiger partial charge in [0.1, 0.15) is 5.82 Å². The molecule has 0 aliphatic carbocycles. The van der Waals surface area contributed by atoms with Crippen molar-refractivity contribution >= 4 is 28.0 Å². The lowest BCUT2D eigenvalue weighted by Gasteiger charge is -2.27.